The molecule has 0 radical (unpaired) electrons. The number of carbonyl (C=O) groups is 15. The third-order valence-corrected chi connectivity index (χ3v) is 24.0. The highest BCUT2D eigenvalue weighted by molar-refractivity contribution is 9.09. The topological polar surface area (TPSA) is 674 Å². The lowest BCUT2D eigenvalue weighted by atomic mass is 9.77. The van der Waals surface area contributed by atoms with E-state index in [1.807, 2.05) is 6.08 Å². The summed E-state index contributed by atoms with van der Waals surface area (Å²) in [4.78, 5) is 216. The number of β-amino-alcohol motifs (C(OH)–C–C–N with tert-alkyl or cyclic N) is 1. The van der Waals surface area contributed by atoms with Crippen molar-refractivity contribution in [1.29, 1.82) is 0 Å². The Balaban J connectivity index is 1.39. The van der Waals surface area contributed by atoms with Crippen molar-refractivity contribution < 1.29 is 133 Å². The van der Waals surface area contributed by atoms with Crippen LogP contribution in [0, 0.1) is 23.7 Å². The predicted octanol–water partition coefficient (Wildman–Crippen LogP) is -11.4. The molecule has 4 bridgehead atoms. The molecule has 3 unspecified atom stereocenters. The molecule has 0 spiro atoms. The van der Waals surface area contributed by atoms with Crippen LogP contribution in [0.4, 0.5) is 0 Å². The fourth-order valence-electron chi connectivity index (χ4n) is 16.2. The van der Waals surface area contributed by atoms with E-state index in [0.717, 1.165) is 58.3 Å². The van der Waals surface area contributed by atoms with Crippen LogP contribution in [0.1, 0.15) is 156 Å². The van der Waals surface area contributed by atoms with Crippen LogP contribution in [-0.2, 0) is 76.7 Å². The number of aliphatic hydroxyl groups excluding tert-OH is 9. The van der Waals surface area contributed by atoms with Crippen molar-refractivity contribution in [3.63, 3.8) is 0 Å². The molecule has 23 atom stereocenters. The molecule has 7 fully saturated rings. The van der Waals surface area contributed by atoms with Crippen LogP contribution in [0.15, 0.2) is 23.8 Å². The summed E-state index contributed by atoms with van der Waals surface area (Å²) in [6.07, 6.45) is -5.25. The van der Waals surface area contributed by atoms with E-state index in [0.29, 0.717) is 44.1 Å². The zero-order chi connectivity index (χ0) is 86.9. The highest BCUT2D eigenvalue weighted by Gasteiger charge is 2.52. The number of rotatable bonds is 17. The summed E-state index contributed by atoms with van der Waals surface area (Å²) in [5.74, 6) is -21.7. The van der Waals surface area contributed by atoms with Crippen LogP contribution >= 0.6 is 15.9 Å². The van der Waals surface area contributed by atoms with Gasteiger partial charge in [-0.05, 0) is 95.3 Å². The number of aliphatic hydroxyl groups is 9. The average molecular weight is 1740 g/mol. The van der Waals surface area contributed by atoms with Gasteiger partial charge in [0.15, 0.2) is 12.2 Å². The minimum atomic E-state index is -2.69. The SMILES string of the molecule is CC(C=C[C@H](O)[C@H]1CC(=O)N[C@@H](CO)C(=O)N[C@@H]2CN3CC(C[C@H](NC(=O)CCC[C@H](C(=O)[O-])NC(=O)[C@H](O)CNC(=O)[C@H]([C@H](C)C4CCC(Br)CC4)NC(=O)[C@H]([C@@H](O)C(N)=O)NC(=O)[C@H](CC(N)=O)NC2=O)C(=O)N[C@@H]([C@H](C)O)C(=O)N[C@H](CO)C(=O)N[C@@H](CC2CCCCC2)C(=O)N1)[NH+]([C@@H]1OC[C@H](O)[C@@H](O)[C@@H]1O)C3)=CC1CCCCC1. The van der Waals surface area contributed by atoms with E-state index in [1.165, 1.54) is 11.0 Å². The molecule has 14 amide bonds. The number of carbonyl (C=O) groups excluding carboxylic acids is 15. The van der Waals surface area contributed by atoms with Crippen molar-refractivity contribution in [3.8, 4) is 0 Å². The number of primary amides is 2. The molecule has 0 aromatic rings. The normalized spacial score (nSPS) is 34.6. The fraction of sp³-hybridized carbons (Fsp3) is 0.747. The Hall–Kier alpha value is -8.47. The van der Waals surface area contributed by atoms with Crippen LogP contribution in [0.3, 0.4) is 0 Å². The van der Waals surface area contributed by atoms with Gasteiger partial charge in [-0.15, -0.1) is 0 Å². The third-order valence-electron chi connectivity index (χ3n) is 23.1. The minimum Gasteiger partial charge on any atom is -0.548 e. The number of amides is 14. The highest BCUT2D eigenvalue weighted by Crippen LogP contribution is 2.35. The maximum atomic E-state index is 15.4. The molecule has 42 nitrogen and oxygen atoms in total. The maximum absolute atomic E-state index is 15.4. The number of nitrogens with zero attached hydrogens (tertiary/aromatic N) is 1. The van der Waals surface area contributed by atoms with E-state index in [-0.39, 0.29) is 33.9 Å². The number of fused-ring (bicyclic) bond motifs is 2. The van der Waals surface area contributed by atoms with Crippen molar-refractivity contribution >= 4 is 105 Å². The van der Waals surface area contributed by atoms with Crippen molar-refractivity contribution in [2.45, 2.75) is 282 Å². The van der Waals surface area contributed by atoms with Crippen LogP contribution in [-0.4, -0.2) is 312 Å². The van der Waals surface area contributed by atoms with E-state index in [9.17, 15) is 113 Å². The largest absolute Gasteiger partial charge is 0.548 e. The van der Waals surface area contributed by atoms with Crippen LogP contribution in [0.25, 0.3) is 0 Å². The number of alkyl halides is 1. The Bertz CT molecular complexity index is 3580. The summed E-state index contributed by atoms with van der Waals surface area (Å²) in [6.45, 7) is -1.55. The Morgan fingerprint density at radius 3 is 1.81 bits per heavy atom. The zero-order valence-electron chi connectivity index (χ0n) is 66.4. The lowest BCUT2D eigenvalue weighted by molar-refractivity contribution is -0.968. The molecule has 0 aromatic carbocycles. The van der Waals surface area contributed by atoms with E-state index < -0.39 is 301 Å². The monoisotopic (exact) mass is 1740 g/mol. The molecule has 7 rings (SSSR count). The Morgan fingerprint density at radius 1 is 0.602 bits per heavy atom. The first-order valence-electron chi connectivity index (χ1n) is 40.4. The van der Waals surface area contributed by atoms with Gasteiger partial charge >= 0.3 is 0 Å². The second-order valence-corrected chi connectivity index (χ2v) is 33.5. The summed E-state index contributed by atoms with van der Waals surface area (Å²) in [5.41, 5.74) is 11.9. The van der Waals surface area contributed by atoms with Crippen LogP contribution < -0.4 is 85.3 Å². The molecule has 662 valence electrons. The molecule has 4 saturated heterocycles. The number of quaternary nitrogens is 1. The van der Waals surface area contributed by atoms with E-state index in [1.54, 1.807) is 19.9 Å². The number of aliphatic carboxylic acids is 1. The van der Waals surface area contributed by atoms with Gasteiger partial charge in [0.1, 0.15) is 85.4 Å². The molecular formula is C75H119BrN16O26. The average Bonchev–Trinajstić information content (AvgIpc) is 1.61. The molecule has 4 aliphatic heterocycles. The third kappa shape index (κ3) is 28.6. The molecule has 3 saturated carbocycles. The predicted molar refractivity (Wildman–Crippen MR) is 413 cm³/mol. The van der Waals surface area contributed by atoms with E-state index in [4.69, 9.17) is 16.2 Å². The van der Waals surface area contributed by atoms with Gasteiger partial charge in [0.05, 0.1) is 69.6 Å². The van der Waals surface area contributed by atoms with Crippen molar-refractivity contribution in [2.24, 2.45) is 35.1 Å². The van der Waals surface area contributed by atoms with Crippen LogP contribution in [0.5, 0.6) is 0 Å². The number of halogens is 1. The Labute approximate surface area is 689 Å². The molecule has 43 heteroatoms. The molecule has 118 heavy (non-hydrogen) atoms. The molecule has 0 aromatic heterocycles. The molecule has 26 N–H and O–H groups in total. The summed E-state index contributed by atoms with van der Waals surface area (Å²) in [5, 5.41) is 142. The molecule has 3 aliphatic carbocycles. The fourth-order valence-corrected chi connectivity index (χ4v) is 16.7. The molecule has 7 aliphatic rings. The van der Waals surface area contributed by atoms with E-state index >= 15 is 9.59 Å². The lowest BCUT2D eigenvalue weighted by Crippen LogP contribution is -3.20. The first-order valence-corrected chi connectivity index (χ1v) is 41.3. The van der Waals surface area contributed by atoms with Gasteiger partial charge in [0, 0.05) is 30.6 Å². The number of carboxylic acid groups (broad SMARTS) is 1. The Morgan fingerprint density at radius 2 is 1.18 bits per heavy atom. The number of nitrogens with one attached hydrogen (secondary N) is 13. The molecule has 4 heterocycles. The van der Waals surface area contributed by atoms with E-state index in [2.05, 4.69) is 79.7 Å². The number of carboxylic acids is 1. The van der Waals surface area contributed by atoms with Gasteiger partial charge in [-0.3, -0.25) is 72.0 Å². The van der Waals surface area contributed by atoms with Crippen LogP contribution in [0.2, 0.25) is 0 Å². The van der Waals surface area contributed by atoms with Crippen molar-refractivity contribution in [3.05, 3.63) is 23.8 Å². The summed E-state index contributed by atoms with van der Waals surface area (Å²) in [6, 6.07) is -23.3. The summed E-state index contributed by atoms with van der Waals surface area (Å²) < 4.78 is 5.93. The summed E-state index contributed by atoms with van der Waals surface area (Å²) >= 11 is 3.57. The van der Waals surface area contributed by atoms with Gasteiger partial charge in [-0.2, -0.15) is 0 Å². The standard InChI is InChI=1S/C75H119BrN16O26/c1-35(23-38-11-6-4-7-12-38)17-22-51(96)44-27-56(101)81-49(31-93)68(110)86-48-30-91-29-42(92(34-91)74-62(104)60(102)53(98)33-118-74)25-46(65(107)89-58(37(3)95)72(114)87-50(32-94)69(111)84-45(64(106)83-44)24-39-13-8-5-9-14-39)80-55(100)16-10-15-43(75(116)117)82-70(112)52(97)28-79-71(113)57(36(2)40-18-20-41(76)21-19-40)88-73(115)59(61(103)63(78)105)90-66(108)47(26-54(77)99)85-67(48)109/h17,22-23,36-53,57-62,74,93-98,102-104H,4-16,18-21,24-34H2,1-3H3,(H2,77,99)(H2,78,105)(H,79,113)(H,80,100)(H,81,101)(H,82,112)(H,83,106)(H,84,111)(H,85,109)(H,86,110)(H,87,114)(H,88,115)(H,89,107)(H,90,108)(H,116,117)/t36-,37+,40?,41?,42?,43-,44-,45+,46+,47+,48-,49+,50-,51+,52-,53+,57+,58+,59+,60-,61-,62+,74-/m1/s1. The highest BCUT2D eigenvalue weighted by atomic mass is 79.9. The lowest BCUT2D eigenvalue weighted by Gasteiger charge is -2.39. The maximum Gasteiger partial charge on any atom is 0.251 e. The number of allylic oxidation sites excluding steroid dienone is 3. The number of hydrogen-bond acceptors (Lipinski definition) is 27. The van der Waals surface area contributed by atoms with Gasteiger partial charge < -0.3 is 136 Å². The van der Waals surface area contributed by atoms with Gasteiger partial charge in [-0.25, -0.2) is 4.90 Å². The Kier molecular flexibility index (Phi) is 38.0. The second kappa shape index (κ2) is 46.4. The first kappa shape index (κ1) is 96.7. The quantitative estimate of drug-likeness (QED) is 0.0475. The minimum absolute atomic E-state index is 0.0114. The second-order valence-electron chi connectivity index (χ2n) is 32.2. The van der Waals surface area contributed by atoms with Gasteiger partial charge in [-0.1, -0.05) is 98.0 Å². The van der Waals surface area contributed by atoms with Gasteiger partial charge in [0.25, 0.3) is 5.91 Å². The zero-order valence-corrected chi connectivity index (χ0v) is 68.0. The number of ether oxygens (including phenoxy) is 1. The number of nitrogens with two attached hydrogens (primary N) is 2. The number of hydrogen-bond donors (Lipinski definition) is 24. The smallest absolute Gasteiger partial charge is 0.251 e. The van der Waals surface area contributed by atoms with Gasteiger partial charge in [0.2, 0.25) is 83.0 Å². The first-order chi connectivity index (χ1) is 55.9. The van der Waals surface area contributed by atoms with Crippen molar-refractivity contribution in [2.75, 3.05) is 46.1 Å². The summed E-state index contributed by atoms with van der Waals surface area (Å²) in [7, 11) is 0. The van der Waals surface area contributed by atoms with Crippen molar-refractivity contribution in [1.82, 2.24) is 68.7 Å². The molecular weight excluding hydrogens is 1620 g/mol.